The number of thioether (sulfide) groups is 1. The van der Waals surface area contributed by atoms with Gasteiger partial charge in [0.05, 0.1) is 15.7 Å². The molecular weight excluding hydrogens is 401 g/mol. The number of furan rings is 1. The van der Waals surface area contributed by atoms with E-state index in [1.165, 1.54) is 11.8 Å². The van der Waals surface area contributed by atoms with Gasteiger partial charge in [0.25, 0.3) is 0 Å². The summed E-state index contributed by atoms with van der Waals surface area (Å²) in [4.78, 5) is 0. The minimum Gasteiger partial charge on any atom is -0.465 e. The number of aromatic nitrogens is 2. The molecule has 0 spiro atoms. The Labute approximate surface area is 173 Å². The average Bonchev–Trinajstić information content (AvgIpc) is 3.16. The van der Waals surface area contributed by atoms with E-state index in [0.717, 1.165) is 27.8 Å². The van der Waals surface area contributed by atoms with Gasteiger partial charge in [-0.25, -0.2) is 4.68 Å². The van der Waals surface area contributed by atoms with Crippen molar-refractivity contribution in [1.29, 1.82) is 5.26 Å². The Morgan fingerprint density at radius 2 is 1.89 bits per heavy atom. The van der Waals surface area contributed by atoms with E-state index in [1.807, 2.05) is 25.3 Å². The van der Waals surface area contributed by atoms with Crippen LogP contribution in [-0.4, -0.2) is 16.0 Å². The maximum Gasteiger partial charge on any atom is 0.118 e. The number of hydrogen-bond donors (Lipinski definition) is 0. The topological polar surface area (TPSA) is 54.8 Å². The van der Waals surface area contributed by atoms with Crippen molar-refractivity contribution >= 4 is 35.0 Å². The first-order valence-corrected chi connectivity index (χ1v) is 10.3. The van der Waals surface area contributed by atoms with Crippen LogP contribution in [0.2, 0.25) is 10.0 Å². The highest BCUT2D eigenvalue weighted by Crippen LogP contribution is 2.38. The second kappa shape index (κ2) is 7.27. The third-order valence-electron chi connectivity index (χ3n) is 4.21. The normalized spacial score (nSPS) is 11.6. The molecule has 2 aromatic heterocycles. The summed E-state index contributed by atoms with van der Waals surface area (Å²) >= 11 is 13.7. The van der Waals surface area contributed by atoms with Crippen LogP contribution in [0, 0.1) is 18.3 Å². The molecule has 0 aliphatic carbocycles. The largest absolute Gasteiger partial charge is 0.465 e. The second-order valence-electron chi connectivity index (χ2n) is 7.19. The second-order valence-corrected chi connectivity index (χ2v) is 8.79. The molecule has 0 radical (unpaired) electrons. The van der Waals surface area contributed by atoms with Crippen LogP contribution in [0.3, 0.4) is 0 Å². The van der Waals surface area contributed by atoms with Gasteiger partial charge in [-0.3, -0.25) is 0 Å². The van der Waals surface area contributed by atoms with Gasteiger partial charge in [0.15, 0.2) is 0 Å². The summed E-state index contributed by atoms with van der Waals surface area (Å²) in [6.45, 7) is 8.15. The number of benzene rings is 1. The SMILES string of the molecule is CSc1c(C#N)c(-c2cc(C(C)(C)C)oc2C)nn1-c1ccc(Cl)c(Cl)c1. The van der Waals surface area contributed by atoms with Crippen LogP contribution < -0.4 is 0 Å². The number of nitriles is 1. The van der Waals surface area contributed by atoms with Gasteiger partial charge >= 0.3 is 0 Å². The summed E-state index contributed by atoms with van der Waals surface area (Å²) in [7, 11) is 0. The molecule has 0 bridgehead atoms. The van der Waals surface area contributed by atoms with E-state index in [-0.39, 0.29) is 5.41 Å². The molecule has 0 aliphatic rings. The van der Waals surface area contributed by atoms with Crippen LogP contribution in [0.5, 0.6) is 0 Å². The van der Waals surface area contributed by atoms with E-state index in [0.29, 0.717) is 21.3 Å². The molecule has 0 amide bonds. The summed E-state index contributed by atoms with van der Waals surface area (Å²) in [5.74, 6) is 1.59. The zero-order valence-corrected chi connectivity index (χ0v) is 18.1. The Kier molecular flexibility index (Phi) is 5.36. The predicted octanol–water partition coefficient (Wildman–Crippen LogP) is 6.64. The molecule has 0 N–H and O–H groups in total. The van der Waals surface area contributed by atoms with Crippen molar-refractivity contribution in [2.45, 2.75) is 38.1 Å². The molecule has 0 atom stereocenters. The molecule has 1 aromatic carbocycles. The first-order valence-electron chi connectivity index (χ1n) is 8.31. The summed E-state index contributed by atoms with van der Waals surface area (Å²) in [5, 5.41) is 16.2. The quantitative estimate of drug-likeness (QED) is 0.446. The maximum absolute atomic E-state index is 9.81. The van der Waals surface area contributed by atoms with Crippen LogP contribution in [-0.2, 0) is 5.41 Å². The van der Waals surface area contributed by atoms with Crippen molar-refractivity contribution in [1.82, 2.24) is 9.78 Å². The molecule has 7 heteroatoms. The van der Waals surface area contributed by atoms with E-state index in [2.05, 4.69) is 26.8 Å². The van der Waals surface area contributed by atoms with Gasteiger partial charge in [0.2, 0.25) is 0 Å². The van der Waals surface area contributed by atoms with Crippen LogP contribution in [0.4, 0.5) is 0 Å². The third-order valence-corrected chi connectivity index (χ3v) is 5.71. The van der Waals surface area contributed by atoms with E-state index in [4.69, 9.17) is 32.7 Å². The van der Waals surface area contributed by atoms with Crippen molar-refractivity contribution in [3.05, 3.63) is 51.4 Å². The summed E-state index contributed by atoms with van der Waals surface area (Å²) < 4.78 is 7.68. The maximum atomic E-state index is 9.81. The number of aryl methyl sites for hydroxylation is 1. The van der Waals surface area contributed by atoms with Gasteiger partial charge < -0.3 is 4.42 Å². The van der Waals surface area contributed by atoms with Gasteiger partial charge in [0.1, 0.15) is 33.9 Å². The van der Waals surface area contributed by atoms with Gasteiger partial charge in [-0.1, -0.05) is 44.0 Å². The van der Waals surface area contributed by atoms with Gasteiger partial charge in [0, 0.05) is 11.0 Å². The number of rotatable bonds is 3. The Morgan fingerprint density at radius 3 is 2.41 bits per heavy atom. The molecule has 0 saturated carbocycles. The van der Waals surface area contributed by atoms with Crippen molar-refractivity contribution < 1.29 is 4.42 Å². The summed E-state index contributed by atoms with van der Waals surface area (Å²) in [6.07, 6.45) is 1.92. The lowest BCUT2D eigenvalue weighted by atomic mass is 9.93. The number of halogens is 2. The number of nitrogens with zero attached hydrogens (tertiary/aromatic N) is 3. The zero-order chi connectivity index (χ0) is 19.9. The highest BCUT2D eigenvalue weighted by atomic mass is 35.5. The van der Waals surface area contributed by atoms with Crippen LogP contribution >= 0.6 is 35.0 Å². The van der Waals surface area contributed by atoms with E-state index >= 15 is 0 Å². The van der Waals surface area contributed by atoms with E-state index in [9.17, 15) is 5.26 Å². The molecule has 0 saturated heterocycles. The fourth-order valence-electron chi connectivity index (χ4n) is 2.76. The van der Waals surface area contributed by atoms with Crippen molar-refractivity contribution in [2.75, 3.05) is 6.26 Å². The van der Waals surface area contributed by atoms with Gasteiger partial charge in [-0.05, 0) is 37.4 Å². The average molecular weight is 420 g/mol. The first kappa shape index (κ1) is 19.9. The van der Waals surface area contributed by atoms with Gasteiger partial charge in [-0.2, -0.15) is 10.4 Å². The molecule has 4 nitrogen and oxygen atoms in total. The molecule has 27 heavy (non-hydrogen) atoms. The monoisotopic (exact) mass is 419 g/mol. The summed E-state index contributed by atoms with van der Waals surface area (Å²) in [5.41, 5.74) is 2.55. The van der Waals surface area contributed by atoms with Crippen molar-refractivity contribution in [2.24, 2.45) is 0 Å². The van der Waals surface area contributed by atoms with E-state index in [1.54, 1.807) is 16.8 Å². The lowest BCUT2D eigenvalue weighted by molar-refractivity contribution is 0.396. The summed E-state index contributed by atoms with van der Waals surface area (Å²) in [6, 6.07) is 9.56. The Morgan fingerprint density at radius 1 is 1.19 bits per heavy atom. The lowest BCUT2D eigenvalue weighted by Gasteiger charge is -2.13. The minimum atomic E-state index is -0.135. The van der Waals surface area contributed by atoms with Crippen molar-refractivity contribution in [3.8, 4) is 23.0 Å². The van der Waals surface area contributed by atoms with E-state index < -0.39 is 0 Å². The molecule has 0 fully saturated rings. The van der Waals surface area contributed by atoms with Crippen molar-refractivity contribution in [3.63, 3.8) is 0 Å². The zero-order valence-electron chi connectivity index (χ0n) is 15.7. The fraction of sp³-hybridized carbons (Fsp3) is 0.300. The van der Waals surface area contributed by atoms with Crippen LogP contribution in [0.1, 0.15) is 37.9 Å². The molecule has 0 unspecified atom stereocenters. The lowest BCUT2D eigenvalue weighted by Crippen LogP contribution is -2.09. The Balaban J connectivity index is 2.24. The highest BCUT2D eigenvalue weighted by Gasteiger charge is 2.26. The third kappa shape index (κ3) is 3.62. The first-order chi connectivity index (χ1) is 12.7. The standard InChI is InChI=1S/C20H19Cl2N3OS/c1-11-13(9-17(26-11)20(2,3)4)18-14(10-23)19(27-5)25(24-18)12-6-7-15(21)16(22)8-12/h6-9H,1-5H3. The minimum absolute atomic E-state index is 0.135. The molecule has 3 aromatic rings. The Bertz CT molecular complexity index is 1050. The predicted molar refractivity (Wildman–Crippen MR) is 111 cm³/mol. The molecule has 0 aliphatic heterocycles. The molecule has 2 heterocycles. The molecular formula is C20H19Cl2N3OS. The fourth-order valence-corrected chi connectivity index (χ4v) is 3.72. The van der Waals surface area contributed by atoms with Crippen LogP contribution in [0.15, 0.2) is 33.7 Å². The highest BCUT2D eigenvalue weighted by molar-refractivity contribution is 7.98. The smallest absolute Gasteiger partial charge is 0.118 e. The van der Waals surface area contributed by atoms with Gasteiger partial charge in [-0.15, -0.1) is 11.8 Å². The van der Waals surface area contributed by atoms with Crippen LogP contribution in [0.25, 0.3) is 16.9 Å². The molecule has 140 valence electrons. The Hall–Kier alpha value is -1.87. The number of hydrogen-bond acceptors (Lipinski definition) is 4. The molecule has 3 rings (SSSR count).